The summed E-state index contributed by atoms with van der Waals surface area (Å²) in [7, 11) is 0. The van der Waals surface area contributed by atoms with Crippen molar-refractivity contribution in [3.05, 3.63) is 59.2 Å². The molecule has 2 aromatic rings. The third kappa shape index (κ3) is 8.68. The highest BCUT2D eigenvalue weighted by Gasteiger charge is 2.23. The van der Waals surface area contributed by atoms with E-state index in [1.54, 1.807) is 0 Å². The van der Waals surface area contributed by atoms with Crippen LogP contribution >= 0.6 is 0 Å². The lowest BCUT2D eigenvalue weighted by atomic mass is 9.79. The lowest BCUT2D eigenvalue weighted by Gasteiger charge is -2.27. The molecule has 0 amide bonds. The molecule has 1 aliphatic carbocycles. The largest absolute Gasteiger partial charge is 0.241 e. The summed E-state index contributed by atoms with van der Waals surface area (Å²) in [4.78, 5) is 9.55. The van der Waals surface area contributed by atoms with Crippen molar-refractivity contribution in [3.8, 4) is 0 Å². The maximum Gasteiger partial charge on any atom is 0.131 e. The van der Waals surface area contributed by atoms with E-state index in [2.05, 4.69) is 50.5 Å². The fraction of sp³-hybridized carbons (Fsp3) is 0.667. The molecule has 1 saturated carbocycles. The molecule has 176 valence electrons. The van der Waals surface area contributed by atoms with Gasteiger partial charge in [-0.1, -0.05) is 89.5 Å². The molecule has 1 aliphatic rings. The van der Waals surface area contributed by atoms with Gasteiger partial charge in [-0.2, -0.15) is 0 Å². The van der Waals surface area contributed by atoms with Gasteiger partial charge in [0.05, 0.1) is 0 Å². The molecule has 0 aliphatic heterocycles. The predicted molar refractivity (Wildman–Crippen MR) is 137 cm³/mol. The van der Waals surface area contributed by atoms with Gasteiger partial charge in [-0.25, -0.2) is 9.97 Å². The highest BCUT2D eigenvalue weighted by Crippen LogP contribution is 2.36. The summed E-state index contributed by atoms with van der Waals surface area (Å²) in [6.45, 7) is 4.57. The highest BCUT2D eigenvalue weighted by molar-refractivity contribution is 5.24. The van der Waals surface area contributed by atoms with Gasteiger partial charge in [-0.15, -0.1) is 0 Å². The molecule has 0 saturated heterocycles. The molecule has 1 heterocycles. The van der Waals surface area contributed by atoms with Crippen LogP contribution in [0.25, 0.3) is 0 Å². The maximum atomic E-state index is 4.77. The van der Waals surface area contributed by atoms with Crippen LogP contribution in [0.3, 0.4) is 0 Å². The Labute approximate surface area is 197 Å². The van der Waals surface area contributed by atoms with Gasteiger partial charge in [0.25, 0.3) is 0 Å². The first kappa shape index (κ1) is 24.9. The van der Waals surface area contributed by atoms with Crippen LogP contribution < -0.4 is 0 Å². The van der Waals surface area contributed by atoms with E-state index < -0.39 is 0 Å². The molecule has 2 heteroatoms. The van der Waals surface area contributed by atoms with Gasteiger partial charge in [0.2, 0.25) is 0 Å². The van der Waals surface area contributed by atoms with Crippen LogP contribution in [0.5, 0.6) is 0 Å². The molecule has 1 aromatic heterocycles. The van der Waals surface area contributed by atoms with Crippen molar-refractivity contribution in [1.82, 2.24) is 9.97 Å². The average Bonchev–Trinajstić information content (AvgIpc) is 2.84. The van der Waals surface area contributed by atoms with Crippen LogP contribution in [-0.4, -0.2) is 9.97 Å². The molecule has 0 spiro atoms. The van der Waals surface area contributed by atoms with E-state index in [9.17, 15) is 0 Å². The molecule has 0 bridgehead atoms. The number of rotatable bonds is 14. The Bertz CT molecular complexity index is 726. The summed E-state index contributed by atoms with van der Waals surface area (Å²) in [6.07, 6.45) is 25.1. The highest BCUT2D eigenvalue weighted by atomic mass is 14.9. The quantitative estimate of drug-likeness (QED) is 0.278. The molecule has 0 unspecified atom stereocenters. The topological polar surface area (TPSA) is 25.8 Å². The summed E-state index contributed by atoms with van der Waals surface area (Å²) in [6, 6.07) is 9.28. The lowest BCUT2D eigenvalue weighted by Crippen LogP contribution is -2.15. The molecular weight excluding hydrogens is 388 g/mol. The zero-order valence-electron chi connectivity index (χ0n) is 20.8. The molecule has 32 heavy (non-hydrogen) atoms. The number of hydrogen-bond donors (Lipinski definition) is 0. The van der Waals surface area contributed by atoms with Crippen molar-refractivity contribution < 1.29 is 0 Å². The van der Waals surface area contributed by atoms with Gasteiger partial charge in [0.15, 0.2) is 0 Å². The van der Waals surface area contributed by atoms with E-state index in [0.717, 1.165) is 24.6 Å². The fourth-order valence-electron chi connectivity index (χ4n) is 5.19. The second-order valence-corrected chi connectivity index (χ2v) is 10.1. The SMILES string of the molecule is CCCCCCCc1ccc(CCc2cnc(C3CCC(CCCCC)CC3)nc2)cc1. The van der Waals surface area contributed by atoms with Crippen LogP contribution in [0.15, 0.2) is 36.7 Å². The number of nitrogens with zero attached hydrogens (tertiary/aromatic N) is 2. The first-order valence-electron chi connectivity index (χ1n) is 13.7. The molecule has 0 N–H and O–H groups in total. The normalized spacial score (nSPS) is 18.7. The Balaban J connectivity index is 1.37. The van der Waals surface area contributed by atoms with E-state index >= 15 is 0 Å². The Hall–Kier alpha value is -1.70. The van der Waals surface area contributed by atoms with Crippen LogP contribution in [0.2, 0.25) is 0 Å². The van der Waals surface area contributed by atoms with Crippen molar-refractivity contribution in [2.75, 3.05) is 0 Å². The van der Waals surface area contributed by atoms with E-state index in [4.69, 9.17) is 9.97 Å². The summed E-state index contributed by atoms with van der Waals surface area (Å²) >= 11 is 0. The standard InChI is InChI=1S/C30H46N2/c1-3-5-7-8-10-12-25-13-15-27(16-14-25)17-18-28-23-31-30(32-24-28)29-21-19-26(20-22-29)11-9-6-4-2/h13-16,23-24,26,29H,3-12,17-22H2,1-2H3. The lowest BCUT2D eigenvalue weighted by molar-refractivity contribution is 0.297. The van der Waals surface area contributed by atoms with Crippen LogP contribution in [0.4, 0.5) is 0 Å². The predicted octanol–water partition coefficient (Wildman–Crippen LogP) is 8.63. The Morgan fingerprint density at radius 3 is 1.84 bits per heavy atom. The minimum absolute atomic E-state index is 0.584. The molecule has 2 nitrogen and oxygen atoms in total. The minimum atomic E-state index is 0.584. The van der Waals surface area contributed by atoms with Crippen LogP contribution in [0, 0.1) is 5.92 Å². The number of benzene rings is 1. The summed E-state index contributed by atoms with van der Waals surface area (Å²) in [5, 5.41) is 0. The van der Waals surface area contributed by atoms with Gasteiger partial charge < -0.3 is 0 Å². The zero-order valence-corrected chi connectivity index (χ0v) is 20.8. The van der Waals surface area contributed by atoms with Crippen molar-refractivity contribution in [2.45, 2.75) is 122 Å². The van der Waals surface area contributed by atoms with Gasteiger partial charge in [0, 0.05) is 18.3 Å². The molecular formula is C30H46N2. The third-order valence-corrected chi connectivity index (χ3v) is 7.45. The van der Waals surface area contributed by atoms with Crippen LogP contribution in [-0.2, 0) is 19.3 Å². The van der Waals surface area contributed by atoms with Crippen molar-refractivity contribution in [2.24, 2.45) is 5.92 Å². The van der Waals surface area contributed by atoms with E-state index in [-0.39, 0.29) is 0 Å². The molecule has 0 radical (unpaired) electrons. The van der Waals surface area contributed by atoms with Crippen molar-refractivity contribution >= 4 is 0 Å². The Morgan fingerprint density at radius 2 is 1.19 bits per heavy atom. The summed E-state index contributed by atoms with van der Waals surface area (Å²) in [5.41, 5.74) is 4.17. The average molecular weight is 435 g/mol. The molecule has 1 fully saturated rings. The number of unbranched alkanes of at least 4 members (excludes halogenated alkanes) is 6. The smallest absolute Gasteiger partial charge is 0.131 e. The van der Waals surface area contributed by atoms with Gasteiger partial charge >= 0.3 is 0 Å². The Kier molecular flexibility index (Phi) is 11.3. The van der Waals surface area contributed by atoms with Crippen molar-refractivity contribution in [1.29, 1.82) is 0 Å². The molecule has 3 rings (SSSR count). The third-order valence-electron chi connectivity index (χ3n) is 7.45. The fourth-order valence-corrected chi connectivity index (χ4v) is 5.19. The first-order valence-corrected chi connectivity index (χ1v) is 13.7. The van der Waals surface area contributed by atoms with E-state index in [0.29, 0.717) is 5.92 Å². The van der Waals surface area contributed by atoms with E-state index in [1.165, 1.54) is 107 Å². The maximum absolute atomic E-state index is 4.77. The second-order valence-electron chi connectivity index (χ2n) is 10.1. The van der Waals surface area contributed by atoms with E-state index in [1.807, 2.05) is 0 Å². The monoisotopic (exact) mass is 434 g/mol. The molecule has 1 aromatic carbocycles. The Morgan fingerprint density at radius 1 is 0.625 bits per heavy atom. The second kappa shape index (κ2) is 14.4. The van der Waals surface area contributed by atoms with Gasteiger partial charge in [0.1, 0.15) is 5.82 Å². The van der Waals surface area contributed by atoms with Gasteiger partial charge in [-0.3, -0.25) is 0 Å². The van der Waals surface area contributed by atoms with Gasteiger partial charge in [-0.05, 0) is 74.0 Å². The van der Waals surface area contributed by atoms with Crippen LogP contribution in [0.1, 0.15) is 126 Å². The number of aromatic nitrogens is 2. The molecule has 0 atom stereocenters. The minimum Gasteiger partial charge on any atom is -0.241 e. The zero-order chi connectivity index (χ0) is 22.4. The number of aryl methyl sites for hydroxylation is 3. The van der Waals surface area contributed by atoms with Crippen molar-refractivity contribution in [3.63, 3.8) is 0 Å². The first-order chi connectivity index (χ1) is 15.8. The number of hydrogen-bond acceptors (Lipinski definition) is 2. The summed E-state index contributed by atoms with van der Waals surface area (Å²) < 4.78 is 0. The summed E-state index contributed by atoms with van der Waals surface area (Å²) in [5.74, 6) is 2.62.